The molecule has 0 radical (unpaired) electrons. The van der Waals surface area contributed by atoms with Crippen molar-refractivity contribution in [3.05, 3.63) is 71.8 Å². The third-order valence-corrected chi connectivity index (χ3v) is 10.3. The van der Waals surface area contributed by atoms with Gasteiger partial charge in [-0.3, -0.25) is 4.84 Å². The Morgan fingerprint density at radius 3 is 2.08 bits per heavy atom. The maximum atomic E-state index is 6.93. The number of nitrogens with zero attached hydrogens (tertiary/aromatic N) is 1. The molecule has 1 aliphatic rings. The molecule has 1 aliphatic heterocycles. The normalized spacial score (nSPS) is 24.8. The standard InChI is InChI=1S/C22H31NO2Si/c1-21(2,3)26(5,6)25-22(19-15-11-8-12-16-19)17-20(23(4)24-22)18-13-9-7-10-14-18/h7-16,20H,17H2,1-6H3/t20-,22+/m1/s1. The Hall–Kier alpha value is -1.46. The molecule has 1 heterocycles. The van der Waals surface area contributed by atoms with E-state index >= 15 is 0 Å². The van der Waals surface area contributed by atoms with Gasteiger partial charge in [-0.15, -0.1) is 0 Å². The Labute approximate surface area is 159 Å². The highest BCUT2D eigenvalue weighted by Crippen LogP contribution is 2.50. The predicted octanol–water partition coefficient (Wildman–Crippen LogP) is 5.87. The summed E-state index contributed by atoms with van der Waals surface area (Å²) in [4.78, 5) is 6.48. The van der Waals surface area contributed by atoms with Crippen molar-refractivity contribution < 1.29 is 9.26 Å². The summed E-state index contributed by atoms with van der Waals surface area (Å²) >= 11 is 0. The van der Waals surface area contributed by atoms with E-state index in [4.69, 9.17) is 9.26 Å². The van der Waals surface area contributed by atoms with Crippen molar-refractivity contribution in [1.82, 2.24) is 5.06 Å². The van der Waals surface area contributed by atoms with Crippen LogP contribution < -0.4 is 0 Å². The van der Waals surface area contributed by atoms with Gasteiger partial charge in [0.1, 0.15) is 0 Å². The topological polar surface area (TPSA) is 21.7 Å². The number of hydrogen-bond acceptors (Lipinski definition) is 3. The van der Waals surface area contributed by atoms with E-state index < -0.39 is 14.1 Å². The van der Waals surface area contributed by atoms with Crippen LogP contribution in [0.15, 0.2) is 60.7 Å². The van der Waals surface area contributed by atoms with Crippen LogP contribution in [-0.2, 0) is 15.1 Å². The van der Waals surface area contributed by atoms with E-state index in [0.29, 0.717) is 0 Å². The average Bonchev–Trinajstić information content (AvgIpc) is 2.92. The molecule has 0 aromatic heterocycles. The SMILES string of the molecule is CN1O[C@@](O[Si](C)(C)C(C)(C)C)(c2ccccc2)C[C@@H]1c1ccccc1. The molecule has 0 aliphatic carbocycles. The molecule has 2 aromatic carbocycles. The first-order valence-corrected chi connectivity index (χ1v) is 12.3. The maximum Gasteiger partial charge on any atom is 0.206 e. The fourth-order valence-corrected chi connectivity index (χ4v) is 4.64. The van der Waals surface area contributed by atoms with Gasteiger partial charge in [-0.2, -0.15) is 5.06 Å². The zero-order valence-corrected chi connectivity index (χ0v) is 17.8. The first-order valence-electron chi connectivity index (χ1n) is 9.37. The molecule has 3 nitrogen and oxygen atoms in total. The van der Waals surface area contributed by atoms with E-state index in [-0.39, 0.29) is 11.1 Å². The van der Waals surface area contributed by atoms with Gasteiger partial charge < -0.3 is 4.43 Å². The van der Waals surface area contributed by atoms with Crippen LogP contribution in [0.2, 0.25) is 18.1 Å². The summed E-state index contributed by atoms with van der Waals surface area (Å²) in [6, 6.07) is 21.1. The van der Waals surface area contributed by atoms with Crippen LogP contribution in [0.4, 0.5) is 0 Å². The highest BCUT2D eigenvalue weighted by atomic mass is 28.4. The molecule has 2 aromatic rings. The summed E-state index contributed by atoms with van der Waals surface area (Å²) < 4.78 is 6.93. The van der Waals surface area contributed by atoms with E-state index in [0.717, 1.165) is 12.0 Å². The molecule has 1 fully saturated rings. The minimum absolute atomic E-state index is 0.113. The van der Waals surface area contributed by atoms with Crippen molar-refractivity contribution in [2.24, 2.45) is 0 Å². The first kappa shape index (κ1) is 19.3. The number of benzene rings is 2. The van der Waals surface area contributed by atoms with Crippen LogP contribution in [0.1, 0.15) is 44.4 Å². The Morgan fingerprint density at radius 1 is 1.00 bits per heavy atom. The van der Waals surface area contributed by atoms with E-state index in [1.54, 1.807) is 0 Å². The summed E-state index contributed by atoms with van der Waals surface area (Å²) in [5.41, 5.74) is 2.35. The van der Waals surface area contributed by atoms with Crippen LogP contribution in [0.25, 0.3) is 0 Å². The summed E-state index contributed by atoms with van der Waals surface area (Å²) in [6.07, 6.45) is 0.782. The molecule has 4 heteroatoms. The molecule has 0 spiro atoms. The van der Waals surface area contributed by atoms with Crippen LogP contribution in [-0.4, -0.2) is 20.4 Å². The lowest BCUT2D eigenvalue weighted by Gasteiger charge is -2.43. The third-order valence-electron chi connectivity index (χ3n) is 5.82. The van der Waals surface area contributed by atoms with Gasteiger partial charge in [0.05, 0.1) is 6.04 Å². The van der Waals surface area contributed by atoms with Crippen LogP contribution in [0, 0.1) is 0 Å². The molecule has 26 heavy (non-hydrogen) atoms. The number of hydrogen-bond donors (Lipinski definition) is 0. The van der Waals surface area contributed by atoms with Gasteiger partial charge in [-0.25, -0.2) is 0 Å². The van der Waals surface area contributed by atoms with Crippen molar-refractivity contribution in [3.63, 3.8) is 0 Å². The van der Waals surface area contributed by atoms with Crippen LogP contribution >= 0.6 is 0 Å². The van der Waals surface area contributed by atoms with Crippen molar-refractivity contribution in [2.45, 2.75) is 57.2 Å². The molecule has 1 saturated heterocycles. The monoisotopic (exact) mass is 369 g/mol. The summed E-state index contributed by atoms with van der Waals surface area (Å²) in [5, 5.41) is 2.08. The molecule has 0 saturated carbocycles. The van der Waals surface area contributed by atoms with E-state index in [2.05, 4.69) is 88.5 Å². The minimum atomic E-state index is -2.04. The van der Waals surface area contributed by atoms with E-state index in [9.17, 15) is 0 Å². The van der Waals surface area contributed by atoms with Gasteiger partial charge in [-0.1, -0.05) is 81.4 Å². The Balaban J connectivity index is 2.01. The van der Waals surface area contributed by atoms with Gasteiger partial charge in [0.2, 0.25) is 5.79 Å². The molecule has 0 amide bonds. The number of hydroxylamine groups is 2. The smallest absolute Gasteiger partial charge is 0.206 e. The average molecular weight is 370 g/mol. The van der Waals surface area contributed by atoms with E-state index in [1.165, 1.54) is 5.56 Å². The maximum absolute atomic E-state index is 6.93. The minimum Gasteiger partial charge on any atom is -0.385 e. The lowest BCUT2D eigenvalue weighted by Crippen LogP contribution is -2.48. The quantitative estimate of drug-likeness (QED) is 0.629. The fourth-order valence-electron chi connectivity index (χ4n) is 3.27. The summed E-state index contributed by atoms with van der Waals surface area (Å²) in [5.74, 6) is -0.737. The van der Waals surface area contributed by atoms with Crippen molar-refractivity contribution in [2.75, 3.05) is 7.05 Å². The lowest BCUT2D eigenvalue weighted by molar-refractivity contribution is -0.277. The van der Waals surface area contributed by atoms with Gasteiger partial charge >= 0.3 is 0 Å². The zero-order valence-electron chi connectivity index (χ0n) is 16.8. The molecular formula is C22H31NO2Si. The molecular weight excluding hydrogens is 338 g/mol. The van der Waals surface area contributed by atoms with Gasteiger partial charge in [0, 0.05) is 19.0 Å². The third kappa shape index (κ3) is 3.65. The molecule has 0 bridgehead atoms. The molecule has 0 N–H and O–H groups in total. The van der Waals surface area contributed by atoms with E-state index in [1.807, 2.05) is 18.2 Å². The molecule has 3 rings (SSSR count). The Bertz CT molecular complexity index is 727. The Morgan fingerprint density at radius 2 is 1.54 bits per heavy atom. The first-order chi connectivity index (χ1) is 12.1. The lowest BCUT2D eigenvalue weighted by atomic mass is 9.95. The number of rotatable bonds is 4. The summed E-state index contributed by atoms with van der Waals surface area (Å²) in [7, 11) is -0.0256. The van der Waals surface area contributed by atoms with Crippen molar-refractivity contribution in [1.29, 1.82) is 0 Å². The molecule has 140 valence electrons. The largest absolute Gasteiger partial charge is 0.385 e. The van der Waals surface area contributed by atoms with Gasteiger partial charge in [0.15, 0.2) is 8.32 Å². The molecule has 0 unspecified atom stereocenters. The van der Waals surface area contributed by atoms with Gasteiger partial charge in [-0.05, 0) is 23.7 Å². The summed E-state index contributed by atoms with van der Waals surface area (Å²) in [6.45, 7) is 11.4. The van der Waals surface area contributed by atoms with Crippen LogP contribution in [0.5, 0.6) is 0 Å². The highest BCUT2D eigenvalue weighted by Gasteiger charge is 2.52. The van der Waals surface area contributed by atoms with Crippen molar-refractivity contribution in [3.8, 4) is 0 Å². The van der Waals surface area contributed by atoms with Crippen molar-refractivity contribution >= 4 is 8.32 Å². The predicted molar refractivity (Wildman–Crippen MR) is 109 cm³/mol. The second kappa shape index (κ2) is 6.93. The second-order valence-electron chi connectivity index (χ2n) is 8.75. The molecule has 2 atom stereocenters. The zero-order chi connectivity index (χ0) is 19.0. The second-order valence-corrected chi connectivity index (χ2v) is 13.5. The van der Waals surface area contributed by atoms with Gasteiger partial charge in [0.25, 0.3) is 0 Å². The Kier molecular flexibility index (Phi) is 5.14. The highest BCUT2D eigenvalue weighted by molar-refractivity contribution is 6.74. The fraction of sp³-hybridized carbons (Fsp3) is 0.455. The van der Waals surface area contributed by atoms with Crippen LogP contribution in [0.3, 0.4) is 0 Å².